The van der Waals surface area contributed by atoms with Crippen molar-refractivity contribution in [3.05, 3.63) is 64.7 Å². The van der Waals surface area contributed by atoms with Gasteiger partial charge in [-0.1, -0.05) is 35.9 Å². The molecule has 2 rings (SSSR count). The molecule has 2 aromatic rings. The minimum atomic E-state index is -0.0921. The van der Waals surface area contributed by atoms with E-state index in [9.17, 15) is 9.90 Å². The maximum atomic E-state index is 11.8. The lowest BCUT2D eigenvalue weighted by atomic mass is 10.1. The molecular weight excluding hydrogens is 262 g/mol. The van der Waals surface area contributed by atoms with E-state index >= 15 is 0 Å². The highest BCUT2D eigenvalue weighted by molar-refractivity contribution is 6.30. The first-order chi connectivity index (χ1) is 9.13. The third kappa shape index (κ3) is 4.30. The van der Waals surface area contributed by atoms with Gasteiger partial charge in [-0.2, -0.15) is 0 Å². The SMILES string of the molecule is O=C(Cc1cccc(O)c1)NCc1cccc(Cl)c1. The fourth-order valence-electron chi connectivity index (χ4n) is 1.76. The summed E-state index contributed by atoms with van der Waals surface area (Å²) < 4.78 is 0. The Bertz CT molecular complexity index is 584. The van der Waals surface area contributed by atoms with E-state index in [1.807, 2.05) is 18.2 Å². The number of rotatable bonds is 4. The summed E-state index contributed by atoms with van der Waals surface area (Å²) >= 11 is 5.87. The molecule has 2 aromatic carbocycles. The van der Waals surface area contributed by atoms with Gasteiger partial charge >= 0.3 is 0 Å². The molecular formula is C15H14ClNO2. The number of amides is 1. The van der Waals surface area contributed by atoms with Gasteiger partial charge in [-0.05, 0) is 35.4 Å². The van der Waals surface area contributed by atoms with Crippen molar-refractivity contribution in [3.8, 4) is 5.75 Å². The monoisotopic (exact) mass is 275 g/mol. The smallest absolute Gasteiger partial charge is 0.224 e. The lowest BCUT2D eigenvalue weighted by molar-refractivity contribution is -0.120. The van der Waals surface area contributed by atoms with E-state index in [2.05, 4.69) is 5.32 Å². The van der Waals surface area contributed by atoms with Gasteiger partial charge in [0.2, 0.25) is 5.91 Å². The molecule has 19 heavy (non-hydrogen) atoms. The summed E-state index contributed by atoms with van der Waals surface area (Å²) in [5.74, 6) is 0.0747. The highest BCUT2D eigenvalue weighted by Gasteiger charge is 2.04. The van der Waals surface area contributed by atoms with Crippen LogP contribution in [0.1, 0.15) is 11.1 Å². The largest absolute Gasteiger partial charge is 0.508 e. The summed E-state index contributed by atoms with van der Waals surface area (Å²) in [6, 6.07) is 14.0. The van der Waals surface area contributed by atoms with Crippen LogP contribution in [0.4, 0.5) is 0 Å². The molecule has 0 heterocycles. The third-order valence-electron chi connectivity index (χ3n) is 2.65. The van der Waals surface area contributed by atoms with E-state index in [0.29, 0.717) is 11.6 Å². The minimum absolute atomic E-state index is 0.0921. The Labute approximate surface area is 116 Å². The topological polar surface area (TPSA) is 49.3 Å². The normalized spacial score (nSPS) is 10.2. The first-order valence-electron chi connectivity index (χ1n) is 5.92. The molecule has 1 amide bonds. The van der Waals surface area contributed by atoms with Crippen LogP contribution in [0.15, 0.2) is 48.5 Å². The van der Waals surface area contributed by atoms with Crippen molar-refractivity contribution in [2.75, 3.05) is 0 Å². The second-order valence-electron chi connectivity index (χ2n) is 4.25. The second kappa shape index (κ2) is 6.25. The lowest BCUT2D eigenvalue weighted by Gasteiger charge is -2.06. The van der Waals surface area contributed by atoms with E-state index in [1.54, 1.807) is 30.3 Å². The lowest BCUT2D eigenvalue weighted by Crippen LogP contribution is -2.24. The Morgan fingerprint density at radius 1 is 1.11 bits per heavy atom. The predicted octanol–water partition coefficient (Wildman–Crippen LogP) is 2.90. The van der Waals surface area contributed by atoms with Crippen LogP contribution in [0.3, 0.4) is 0 Å². The molecule has 0 unspecified atom stereocenters. The Hall–Kier alpha value is -2.00. The summed E-state index contributed by atoms with van der Waals surface area (Å²) in [6.45, 7) is 0.443. The molecule has 0 aliphatic carbocycles. The van der Waals surface area contributed by atoms with Crippen LogP contribution in [-0.4, -0.2) is 11.0 Å². The number of phenols is 1. The Morgan fingerprint density at radius 2 is 1.84 bits per heavy atom. The standard InChI is InChI=1S/C15H14ClNO2/c16-13-5-1-4-12(7-13)10-17-15(19)9-11-3-2-6-14(18)8-11/h1-8,18H,9-10H2,(H,17,19). The number of phenolic OH excluding ortho intramolecular Hbond substituents is 1. The molecule has 0 saturated carbocycles. The van der Waals surface area contributed by atoms with E-state index in [0.717, 1.165) is 11.1 Å². The van der Waals surface area contributed by atoms with Crippen molar-refractivity contribution in [1.29, 1.82) is 0 Å². The Balaban J connectivity index is 1.88. The highest BCUT2D eigenvalue weighted by atomic mass is 35.5. The van der Waals surface area contributed by atoms with Gasteiger partial charge in [0.1, 0.15) is 5.75 Å². The molecule has 0 saturated heterocycles. The van der Waals surface area contributed by atoms with Crippen LogP contribution >= 0.6 is 11.6 Å². The molecule has 0 aliphatic heterocycles. The number of hydrogen-bond donors (Lipinski definition) is 2. The Morgan fingerprint density at radius 3 is 2.58 bits per heavy atom. The fraction of sp³-hybridized carbons (Fsp3) is 0.133. The van der Waals surface area contributed by atoms with Gasteiger partial charge in [-0.15, -0.1) is 0 Å². The van der Waals surface area contributed by atoms with E-state index in [4.69, 9.17) is 11.6 Å². The van der Waals surface area contributed by atoms with Crippen LogP contribution in [0.5, 0.6) is 5.75 Å². The maximum absolute atomic E-state index is 11.8. The van der Waals surface area contributed by atoms with E-state index in [-0.39, 0.29) is 18.1 Å². The van der Waals surface area contributed by atoms with Gasteiger partial charge in [0.15, 0.2) is 0 Å². The molecule has 0 atom stereocenters. The summed E-state index contributed by atoms with van der Waals surface area (Å²) in [5.41, 5.74) is 1.74. The molecule has 0 spiro atoms. The van der Waals surface area contributed by atoms with Crippen LogP contribution < -0.4 is 5.32 Å². The van der Waals surface area contributed by atoms with E-state index < -0.39 is 0 Å². The van der Waals surface area contributed by atoms with Crippen LogP contribution in [0.25, 0.3) is 0 Å². The second-order valence-corrected chi connectivity index (χ2v) is 4.69. The molecule has 98 valence electrons. The number of nitrogens with one attached hydrogen (secondary N) is 1. The van der Waals surface area contributed by atoms with Gasteiger partial charge in [-0.3, -0.25) is 4.79 Å². The summed E-state index contributed by atoms with van der Waals surface area (Å²) in [4.78, 5) is 11.8. The van der Waals surface area contributed by atoms with Crippen LogP contribution in [0.2, 0.25) is 5.02 Å². The Kier molecular flexibility index (Phi) is 4.42. The number of hydrogen-bond acceptors (Lipinski definition) is 2. The first kappa shape index (κ1) is 13.4. The zero-order chi connectivity index (χ0) is 13.7. The number of halogens is 1. The zero-order valence-electron chi connectivity index (χ0n) is 10.3. The number of carbonyl (C=O) groups excluding carboxylic acids is 1. The van der Waals surface area contributed by atoms with Gasteiger partial charge in [0.05, 0.1) is 6.42 Å². The highest BCUT2D eigenvalue weighted by Crippen LogP contribution is 2.12. The minimum Gasteiger partial charge on any atom is -0.508 e. The molecule has 0 bridgehead atoms. The quantitative estimate of drug-likeness (QED) is 0.901. The molecule has 0 aliphatic rings. The summed E-state index contributed by atoms with van der Waals surface area (Å²) in [5, 5.41) is 12.8. The van der Waals surface area contributed by atoms with Crippen molar-refractivity contribution in [3.63, 3.8) is 0 Å². The van der Waals surface area contributed by atoms with Crippen LogP contribution in [0, 0.1) is 0 Å². The number of carbonyl (C=O) groups is 1. The molecule has 0 fully saturated rings. The average molecular weight is 276 g/mol. The molecule has 3 nitrogen and oxygen atoms in total. The fourth-order valence-corrected chi connectivity index (χ4v) is 1.97. The van der Waals surface area contributed by atoms with Gasteiger partial charge in [0.25, 0.3) is 0 Å². The molecule has 0 aromatic heterocycles. The zero-order valence-corrected chi connectivity index (χ0v) is 11.0. The summed E-state index contributed by atoms with van der Waals surface area (Å²) in [6.07, 6.45) is 0.245. The maximum Gasteiger partial charge on any atom is 0.224 e. The number of benzene rings is 2. The van der Waals surface area contributed by atoms with Crippen molar-refractivity contribution >= 4 is 17.5 Å². The first-order valence-corrected chi connectivity index (χ1v) is 6.30. The van der Waals surface area contributed by atoms with Gasteiger partial charge in [-0.25, -0.2) is 0 Å². The van der Waals surface area contributed by atoms with Crippen molar-refractivity contribution in [2.45, 2.75) is 13.0 Å². The van der Waals surface area contributed by atoms with Crippen molar-refractivity contribution in [1.82, 2.24) is 5.32 Å². The third-order valence-corrected chi connectivity index (χ3v) is 2.89. The van der Waals surface area contributed by atoms with Gasteiger partial charge < -0.3 is 10.4 Å². The van der Waals surface area contributed by atoms with Crippen molar-refractivity contribution < 1.29 is 9.90 Å². The van der Waals surface area contributed by atoms with Crippen LogP contribution in [-0.2, 0) is 17.8 Å². The molecule has 4 heteroatoms. The van der Waals surface area contributed by atoms with Gasteiger partial charge in [0, 0.05) is 11.6 Å². The average Bonchev–Trinajstić information content (AvgIpc) is 2.36. The number of aromatic hydroxyl groups is 1. The molecule has 2 N–H and O–H groups in total. The van der Waals surface area contributed by atoms with Crippen molar-refractivity contribution in [2.24, 2.45) is 0 Å². The van der Waals surface area contributed by atoms with E-state index in [1.165, 1.54) is 0 Å². The predicted molar refractivity (Wildman–Crippen MR) is 75.1 cm³/mol. The summed E-state index contributed by atoms with van der Waals surface area (Å²) in [7, 11) is 0. The molecule has 0 radical (unpaired) electrons.